The van der Waals surface area contributed by atoms with Gasteiger partial charge in [-0.3, -0.25) is 9.59 Å². The average molecular weight is 245 g/mol. The zero-order chi connectivity index (χ0) is 11.8. The number of aromatic nitrogens is 2. The minimum absolute atomic E-state index is 0.253. The van der Waals surface area contributed by atoms with Crippen molar-refractivity contribution >= 4 is 28.2 Å². The fraction of sp³-hybridized carbons (Fsp3) is 0.0909. The second kappa shape index (κ2) is 3.74. The number of ketones is 1. The molecule has 0 saturated carbocycles. The molecule has 0 saturated heterocycles. The molecule has 1 unspecified atom stereocenters. The number of benzene rings is 1. The van der Waals surface area contributed by atoms with E-state index < -0.39 is 5.92 Å². The minimum Gasteiger partial charge on any atom is -0.314 e. The van der Waals surface area contributed by atoms with Crippen LogP contribution in [-0.4, -0.2) is 21.3 Å². The van der Waals surface area contributed by atoms with Crippen molar-refractivity contribution in [2.45, 2.75) is 5.92 Å². The van der Waals surface area contributed by atoms with Gasteiger partial charge in [0, 0.05) is 11.5 Å². The fourth-order valence-electron chi connectivity index (χ4n) is 1.82. The molecule has 5 nitrogen and oxygen atoms in total. The summed E-state index contributed by atoms with van der Waals surface area (Å²) in [5, 5.41) is 6.84. The van der Waals surface area contributed by atoms with Gasteiger partial charge in [-0.05, 0) is 5.56 Å². The molecular weight excluding hydrogens is 238 g/mol. The molecule has 0 bridgehead atoms. The summed E-state index contributed by atoms with van der Waals surface area (Å²) >= 11 is 1.02. The number of fused-ring (bicyclic) bond motifs is 1. The highest BCUT2D eigenvalue weighted by Crippen LogP contribution is 2.31. The Morgan fingerprint density at radius 2 is 1.94 bits per heavy atom. The Labute approximate surface area is 101 Å². The van der Waals surface area contributed by atoms with E-state index in [0.717, 1.165) is 11.5 Å². The van der Waals surface area contributed by atoms with E-state index >= 15 is 0 Å². The molecule has 17 heavy (non-hydrogen) atoms. The minimum atomic E-state index is -0.812. The Kier molecular flexibility index (Phi) is 2.22. The molecule has 0 radical (unpaired) electrons. The van der Waals surface area contributed by atoms with Gasteiger partial charge in [0.2, 0.25) is 11.7 Å². The SMILES string of the molecule is O=C1Nc2snnc2C(=O)C1c1ccccc1. The number of nitrogens with one attached hydrogen (secondary N) is 1. The molecule has 0 fully saturated rings. The number of rotatable bonds is 1. The summed E-state index contributed by atoms with van der Waals surface area (Å²) in [6, 6.07) is 8.94. The lowest BCUT2D eigenvalue weighted by Gasteiger charge is -2.19. The monoisotopic (exact) mass is 245 g/mol. The molecule has 0 aliphatic carbocycles. The van der Waals surface area contributed by atoms with Gasteiger partial charge in [0.05, 0.1) is 0 Å². The first-order valence-electron chi connectivity index (χ1n) is 5.00. The molecule has 1 aliphatic rings. The van der Waals surface area contributed by atoms with E-state index in [9.17, 15) is 9.59 Å². The van der Waals surface area contributed by atoms with Gasteiger partial charge in [-0.2, -0.15) is 0 Å². The smallest absolute Gasteiger partial charge is 0.240 e. The van der Waals surface area contributed by atoms with E-state index in [2.05, 4.69) is 14.9 Å². The van der Waals surface area contributed by atoms with Crippen molar-refractivity contribution in [3.8, 4) is 0 Å². The van der Waals surface area contributed by atoms with Gasteiger partial charge in [-0.25, -0.2) is 0 Å². The predicted octanol–water partition coefficient (Wildman–Crippen LogP) is 1.46. The molecule has 84 valence electrons. The lowest BCUT2D eigenvalue weighted by atomic mass is 9.90. The summed E-state index contributed by atoms with van der Waals surface area (Å²) in [4.78, 5) is 24.0. The highest BCUT2D eigenvalue weighted by atomic mass is 32.1. The van der Waals surface area contributed by atoms with E-state index in [1.165, 1.54) is 0 Å². The molecular formula is C11H7N3O2S. The molecule has 1 atom stereocenters. The van der Waals surface area contributed by atoms with Gasteiger partial charge >= 0.3 is 0 Å². The van der Waals surface area contributed by atoms with Crippen LogP contribution < -0.4 is 5.32 Å². The third-order valence-electron chi connectivity index (χ3n) is 2.62. The van der Waals surface area contributed by atoms with E-state index in [-0.39, 0.29) is 17.4 Å². The summed E-state index contributed by atoms with van der Waals surface area (Å²) in [6.07, 6.45) is 0. The lowest BCUT2D eigenvalue weighted by molar-refractivity contribution is -0.116. The Hall–Kier alpha value is -2.08. The van der Waals surface area contributed by atoms with Crippen LogP contribution in [-0.2, 0) is 4.79 Å². The number of nitrogens with zero attached hydrogens (tertiary/aromatic N) is 2. The quantitative estimate of drug-likeness (QED) is 0.772. The van der Waals surface area contributed by atoms with E-state index in [1.807, 2.05) is 6.07 Å². The van der Waals surface area contributed by atoms with Crippen molar-refractivity contribution in [1.82, 2.24) is 9.59 Å². The van der Waals surface area contributed by atoms with Crippen LogP contribution in [0.15, 0.2) is 30.3 Å². The first-order chi connectivity index (χ1) is 8.27. The Morgan fingerprint density at radius 1 is 1.18 bits per heavy atom. The number of carbonyl (C=O) groups is 2. The number of hydrogen-bond acceptors (Lipinski definition) is 5. The van der Waals surface area contributed by atoms with Crippen LogP contribution in [0.2, 0.25) is 0 Å². The first-order valence-corrected chi connectivity index (χ1v) is 5.77. The standard InChI is InChI=1S/C11H7N3O2S/c15-9-7(6-4-2-1-3-5-6)10(16)12-11-8(9)13-14-17-11/h1-5,7H,(H,12,16). The van der Waals surface area contributed by atoms with Crippen LogP contribution >= 0.6 is 11.5 Å². The van der Waals surface area contributed by atoms with Gasteiger partial charge in [-0.1, -0.05) is 34.8 Å². The first kappa shape index (κ1) is 10.1. The molecule has 1 aromatic heterocycles. The van der Waals surface area contributed by atoms with E-state index in [1.54, 1.807) is 24.3 Å². The molecule has 3 rings (SSSR count). The highest BCUT2D eigenvalue weighted by molar-refractivity contribution is 7.10. The average Bonchev–Trinajstić information content (AvgIpc) is 2.78. The van der Waals surface area contributed by atoms with Gasteiger partial charge in [0.15, 0.2) is 5.69 Å². The van der Waals surface area contributed by atoms with Crippen LogP contribution in [0.25, 0.3) is 0 Å². The number of hydrogen-bond donors (Lipinski definition) is 1. The molecule has 2 heterocycles. The zero-order valence-electron chi connectivity index (χ0n) is 8.58. The van der Waals surface area contributed by atoms with E-state index in [0.29, 0.717) is 10.6 Å². The summed E-state index contributed by atoms with van der Waals surface area (Å²) < 4.78 is 3.67. The number of carbonyl (C=O) groups excluding carboxylic acids is 2. The van der Waals surface area contributed by atoms with Crippen molar-refractivity contribution in [3.05, 3.63) is 41.6 Å². The van der Waals surface area contributed by atoms with Crippen LogP contribution in [0.3, 0.4) is 0 Å². The van der Waals surface area contributed by atoms with Gasteiger partial charge in [-0.15, -0.1) is 5.10 Å². The summed E-state index contributed by atoms with van der Waals surface area (Å²) in [6.45, 7) is 0. The van der Waals surface area contributed by atoms with Crippen LogP contribution in [0.4, 0.5) is 5.00 Å². The predicted molar refractivity (Wildman–Crippen MR) is 62.1 cm³/mol. The second-order valence-electron chi connectivity index (χ2n) is 3.65. The molecule has 6 heteroatoms. The molecule has 1 aromatic carbocycles. The van der Waals surface area contributed by atoms with Crippen molar-refractivity contribution in [3.63, 3.8) is 0 Å². The highest BCUT2D eigenvalue weighted by Gasteiger charge is 2.37. The third kappa shape index (κ3) is 1.53. The van der Waals surface area contributed by atoms with Crippen LogP contribution in [0, 0.1) is 0 Å². The largest absolute Gasteiger partial charge is 0.314 e. The number of anilines is 1. The second-order valence-corrected chi connectivity index (χ2v) is 4.40. The van der Waals surface area contributed by atoms with Gasteiger partial charge in [0.25, 0.3) is 0 Å². The summed E-state index contributed by atoms with van der Waals surface area (Å²) in [7, 11) is 0. The molecule has 1 aliphatic heterocycles. The third-order valence-corrected chi connectivity index (χ3v) is 3.26. The summed E-state index contributed by atoms with van der Waals surface area (Å²) in [5.74, 6) is -1.42. The summed E-state index contributed by atoms with van der Waals surface area (Å²) in [5.41, 5.74) is 0.928. The maximum atomic E-state index is 12.1. The van der Waals surface area contributed by atoms with Crippen molar-refractivity contribution in [1.29, 1.82) is 0 Å². The maximum absolute atomic E-state index is 12.1. The maximum Gasteiger partial charge on any atom is 0.240 e. The number of amides is 1. The molecule has 2 aromatic rings. The fourth-order valence-corrected chi connectivity index (χ4v) is 2.40. The number of Topliss-reactive ketones (excluding diaryl/α,β-unsaturated/α-hetero) is 1. The molecule has 1 N–H and O–H groups in total. The Balaban J connectivity index is 2.08. The molecule has 1 amide bonds. The Morgan fingerprint density at radius 3 is 2.71 bits per heavy atom. The zero-order valence-corrected chi connectivity index (χ0v) is 9.40. The van der Waals surface area contributed by atoms with Crippen molar-refractivity contribution in [2.24, 2.45) is 0 Å². The lowest BCUT2D eigenvalue weighted by Crippen LogP contribution is -2.33. The van der Waals surface area contributed by atoms with E-state index in [4.69, 9.17) is 0 Å². The van der Waals surface area contributed by atoms with Crippen molar-refractivity contribution < 1.29 is 9.59 Å². The van der Waals surface area contributed by atoms with Crippen LogP contribution in [0.1, 0.15) is 22.0 Å². The normalized spacial score (nSPS) is 18.7. The van der Waals surface area contributed by atoms with Crippen molar-refractivity contribution in [2.75, 3.05) is 5.32 Å². The van der Waals surface area contributed by atoms with Gasteiger partial charge in [0.1, 0.15) is 10.9 Å². The van der Waals surface area contributed by atoms with Crippen LogP contribution in [0.5, 0.6) is 0 Å². The van der Waals surface area contributed by atoms with Gasteiger partial charge < -0.3 is 5.32 Å². The topological polar surface area (TPSA) is 72.0 Å². The molecule has 0 spiro atoms. The Bertz CT molecular complexity index is 594.